The molecule has 0 bridgehead atoms. The third-order valence-electron chi connectivity index (χ3n) is 5.81. The van der Waals surface area contributed by atoms with E-state index in [-0.39, 0.29) is 0 Å². The Morgan fingerprint density at radius 2 is 1.83 bits per heavy atom. The van der Waals surface area contributed by atoms with E-state index in [0.717, 1.165) is 36.1 Å². The van der Waals surface area contributed by atoms with Gasteiger partial charge in [-0.3, -0.25) is 9.89 Å². The molecule has 0 radical (unpaired) electrons. The van der Waals surface area contributed by atoms with E-state index in [0.29, 0.717) is 18.5 Å². The predicted octanol–water partition coefficient (Wildman–Crippen LogP) is 3.45. The minimum absolute atomic E-state index is 0.383. The molecule has 1 heterocycles. The molecule has 0 amide bonds. The number of ether oxygens (including phenoxy) is 2. The number of likely N-dealkylation sites (tertiary alicyclic amines) is 1. The van der Waals surface area contributed by atoms with Gasteiger partial charge in [-0.1, -0.05) is 24.3 Å². The topological polar surface area (TPSA) is 58.1 Å². The summed E-state index contributed by atoms with van der Waals surface area (Å²) in [5.41, 5.74) is 2.50. The van der Waals surface area contributed by atoms with E-state index >= 15 is 0 Å². The third-order valence-corrected chi connectivity index (χ3v) is 5.81. The molecule has 1 saturated heterocycles. The first-order chi connectivity index (χ1) is 14.6. The zero-order chi connectivity index (χ0) is 21.3. The van der Waals surface area contributed by atoms with Crippen molar-refractivity contribution < 1.29 is 9.47 Å². The van der Waals surface area contributed by atoms with Crippen molar-refractivity contribution in [1.82, 2.24) is 15.5 Å². The van der Waals surface area contributed by atoms with Crippen LogP contribution in [0.2, 0.25) is 0 Å². The van der Waals surface area contributed by atoms with Gasteiger partial charge in [0.25, 0.3) is 0 Å². The van der Waals surface area contributed by atoms with Gasteiger partial charge in [0, 0.05) is 26.2 Å². The lowest BCUT2D eigenvalue weighted by molar-refractivity contribution is 0.122. The highest BCUT2D eigenvalue weighted by Crippen LogP contribution is 2.35. The number of aliphatic imine (C=N–C) groups is 1. The summed E-state index contributed by atoms with van der Waals surface area (Å²) in [4.78, 5) is 6.87. The van der Waals surface area contributed by atoms with Crippen LogP contribution in [0.3, 0.4) is 0 Å². The van der Waals surface area contributed by atoms with Gasteiger partial charge < -0.3 is 20.1 Å². The lowest BCUT2D eigenvalue weighted by Crippen LogP contribution is -2.44. The van der Waals surface area contributed by atoms with Crippen LogP contribution >= 0.6 is 0 Å². The van der Waals surface area contributed by atoms with Gasteiger partial charge in [0.05, 0.1) is 14.2 Å². The molecule has 2 N–H and O–H groups in total. The van der Waals surface area contributed by atoms with Crippen LogP contribution < -0.4 is 20.1 Å². The van der Waals surface area contributed by atoms with E-state index in [1.807, 2.05) is 25.2 Å². The van der Waals surface area contributed by atoms with Crippen LogP contribution in [0, 0.1) is 5.92 Å². The van der Waals surface area contributed by atoms with Crippen LogP contribution in [-0.4, -0.2) is 52.3 Å². The van der Waals surface area contributed by atoms with Gasteiger partial charge >= 0.3 is 0 Å². The van der Waals surface area contributed by atoms with Crippen LogP contribution in [0.15, 0.2) is 53.5 Å². The molecule has 2 aromatic carbocycles. The van der Waals surface area contributed by atoms with E-state index < -0.39 is 0 Å². The molecule has 0 aromatic heterocycles. The first-order valence-electron chi connectivity index (χ1n) is 10.6. The second-order valence-corrected chi connectivity index (χ2v) is 7.76. The number of guanidine groups is 1. The van der Waals surface area contributed by atoms with Gasteiger partial charge in [-0.25, -0.2) is 0 Å². The second-order valence-electron chi connectivity index (χ2n) is 7.76. The van der Waals surface area contributed by atoms with Crippen molar-refractivity contribution in [2.75, 3.05) is 41.4 Å². The fraction of sp³-hybridized carbons (Fsp3) is 0.458. The molecular weight excluding hydrogens is 376 g/mol. The molecule has 6 nitrogen and oxygen atoms in total. The zero-order valence-electron chi connectivity index (χ0n) is 18.5. The van der Waals surface area contributed by atoms with Gasteiger partial charge in [-0.15, -0.1) is 0 Å². The summed E-state index contributed by atoms with van der Waals surface area (Å²) in [7, 11) is 7.43. The number of nitrogens with one attached hydrogen (secondary N) is 2. The summed E-state index contributed by atoms with van der Waals surface area (Å²) in [6.45, 7) is 2.69. The molecule has 1 aliphatic heterocycles. The average Bonchev–Trinajstić information content (AvgIpc) is 2.79. The molecule has 6 heteroatoms. The molecular formula is C24H34N4O2. The maximum absolute atomic E-state index is 5.32. The zero-order valence-corrected chi connectivity index (χ0v) is 18.5. The number of rotatable bonds is 7. The number of hydrogen-bond donors (Lipinski definition) is 2. The number of benzene rings is 2. The van der Waals surface area contributed by atoms with Crippen molar-refractivity contribution in [2.24, 2.45) is 10.9 Å². The fourth-order valence-electron chi connectivity index (χ4n) is 4.22. The lowest BCUT2D eigenvalue weighted by atomic mass is 9.85. The quantitative estimate of drug-likeness (QED) is 0.541. The first kappa shape index (κ1) is 22.0. The Morgan fingerprint density at radius 1 is 1.07 bits per heavy atom. The van der Waals surface area contributed by atoms with Gasteiger partial charge in [0.15, 0.2) is 5.96 Å². The lowest BCUT2D eigenvalue weighted by Gasteiger charge is -2.40. The van der Waals surface area contributed by atoms with Crippen LogP contribution in [0.1, 0.15) is 30.0 Å². The van der Waals surface area contributed by atoms with E-state index in [4.69, 9.17) is 9.47 Å². The Labute approximate surface area is 180 Å². The van der Waals surface area contributed by atoms with Gasteiger partial charge in [-0.2, -0.15) is 0 Å². The molecule has 1 aliphatic rings. The Kier molecular flexibility index (Phi) is 7.97. The van der Waals surface area contributed by atoms with Crippen molar-refractivity contribution in [2.45, 2.75) is 25.4 Å². The first-order valence-corrected chi connectivity index (χ1v) is 10.6. The van der Waals surface area contributed by atoms with Gasteiger partial charge in [0.2, 0.25) is 0 Å². The summed E-state index contributed by atoms with van der Waals surface area (Å²) in [5.74, 6) is 3.09. The van der Waals surface area contributed by atoms with Gasteiger partial charge in [0.1, 0.15) is 11.5 Å². The van der Waals surface area contributed by atoms with Crippen molar-refractivity contribution in [1.29, 1.82) is 0 Å². The van der Waals surface area contributed by atoms with Crippen molar-refractivity contribution >= 4 is 5.96 Å². The largest absolute Gasteiger partial charge is 0.497 e. The summed E-state index contributed by atoms with van der Waals surface area (Å²) in [6.07, 6.45) is 2.41. The monoisotopic (exact) mass is 410 g/mol. The Balaban J connectivity index is 1.60. The minimum Gasteiger partial charge on any atom is -0.497 e. The van der Waals surface area contributed by atoms with Crippen LogP contribution in [0.5, 0.6) is 11.5 Å². The second kappa shape index (κ2) is 10.9. The smallest absolute Gasteiger partial charge is 0.191 e. The fourth-order valence-corrected chi connectivity index (χ4v) is 4.22. The molecule has 3 rings (SSSR count). The van der Waals surface area contributed by atoms with Gasteiger partial charge in [-0.05, 0) is 67.7 Å². The predicted molar refractivity (Wildman–Crippen MR) is 122 cm³/mol. The number of hydrogen-bond acceptors (Lipinski definition) is 4. The summed E-state index contributed by atoms with van der Waals surface area (Å²) in [5, 5.41) is 6.95. The standard InChI is InChI=1S/C24H34N4O2/c1-25-24(26-16-18-7-5-9-22(15-18)30-4)27-17-20-8-6-14-28(2)23(20)19-10-12-21(29-3)13-11-19/h5,7,9-13,15,20,23H,6,8,14,16-17H2,1-4H3,(H2,25,26,27). The number of piperidine rings is 1. The molecule has 2 atom stereocenters. The third kappa shape index (κ3) is 5.66. The highest BCUT2D eigenvalue weighted by Gasteiger charge is 2.30. The highest BCUT2D eigenvalue weighted by molar-refractivity contribution is 5.79. The molecule has 1 fully saturated rings. The van der Waals surface area contributed by atoms with E-state index in [1.54, 1.807) is 14.2 Å². The van der Waals surface area contributed by atoms with E-state index in [1.165, 1.54) is 18.4 Å². The van der Waals surface area contributed by atoms with Crippen molar-refractivity contribution in [3.8, 4) is 11.5 Å². The van der Waals surface area contributed by atoms with Crippen LogP contribution in [-0.2, 0) is 6.54 Å². The molecule has 2 aromatic rings. The average molecular weight is 411 g/mol. The molecule has 0 saturated carbocycles. The van der Waals surface area contributed by atoms with Crippen LogP contribution in [0.25, 0.3) is 0 Å². The van der Waals surface area contributed by atoms with Crippen LogP contribution in [0.4, 0.5) is 0 Å². The van der Waals surface area contributed by atoms with Crippen molar-refractivity contribution in [3.63, 3.8) is 0 Å². The van der Waals surface area contributed by atoms with E-state index in [2.05, 4.69) is 57.9 Å². The molecule has 0 spiro atoms. The Bertz CT molecular complexity index is 822. The molecule has 30 heavy (non-hydrogen) atoms. The molecule has 0 aliphatic carbocycles. The minimum atomic E-state index is 0.383. The molecule has 2 unspecified atom stereocenters. The normalized spacial score (nSPS) is 19.9. The highest BCUT2D eigenvalue weighted by atomic mass is 16.5. The maximum atomic E-state index is 5.32. The SMILES string of the molecule is CN=C(NCc1cccc(OC)c1)NCC1CCCN(C)C1c1ccc(OC)cc1. The molecule has 162 valence electrons. The maximum Gasteiger partial charge on any atom is 0.191 e. The van der Waals surface area contributed by atoms with E-state index in [9.17, 15) is 0 Å². The number of nitrogens with zero attached hydrogens (tertiary/aromatic N) is 2. The van der Waals surface area contributed by atoms with Crippen molar-refractivity contribution in [3.05, 3.63) is 59.7 Å². The summed E-state index contributed by atoms with van der Waals surface area (Å²) < 4.78 is 10.6. The number of methoxy groups -OCH3 is 2. The Hall–Kier alpha value is -2.73. The summed E-state index contributed by atoms with van der Waals surface area (Å²) >= 11 is 0. The Morgan fingerprint density at radius 3 is 2.53 bits per heavy atom. The summed E-state index contributed by atoms with van der Waals surface area (Å²) in [6, 6.07) is 16.9.